The second-order valence-corrected chi connectivity index (χ2v) is 6.46. The highest BCUT2D eigenvalue weighted by Gasteiger charge is 2.23. The van der Waals surface area contributed by atoms with Gasteiger partial charge in [0.1, 0.15) is 0 Å². The Morgan fingerprint density at radius 1 is 1.13 bits per heavy atom. The molecule has 1 amide bonds. The first-order valence-electron chi connectivity index (χ1n) is 6.85. The summed E-state index contributed by atoms with van der Waals surface area (Å²) in [6.45, 7) is 1.84. The fourth-order valence-electron chi connectivity index (χ4n) is 2.08. The normalized spacial score (nSPS) is 13.3. The van der Waals surface area contributed by atoms with Crippen LogP contribution in [0.4, 0.5) is 0 Å². The number of amides is 1. The molecule has 0 aliphatic heterocycles. The van der Waals surface area contributed by atoms with Crippen molar-refractivity contribution in [1.29, 1.82) is 0 Å². The van der Waals surface area contributed by atoms with E-state index in [0.717, 1.165) is 5.56 Å². The molecule has 1 N–H and O–H groups in total. The maximum Gasteiger partial charge on any atom is 0.371 e. The molecule has 122 valence electrons. The Morgan fingerprint density at radius 2 is 1.70 bits per heavy atom. The van der Waals surface area contributed by atoms with Crippen LogP contribution in [0.3, 0.4) is 0 Å². The highest BCUT2D eigenvalue weighted by molar-refractivity contribution is 7.84. The molecule has 0 radical (unpaired) electrons. The van der Waals surface area contributed by atoms with Gasteiger partial charge in [0.2, 0.25) is 5.76 Å². The Morgan fingerprint density at radius 3 is 2.17 bits per heavy atom. The zero-order chi connectivity index (χ0) is 17.1. The lowest BCUT2D eigenvalue weighted by molar-refractivity contribution is 0.0647. The van der Waals surface area contributed by atoms with Crippen LogP contribution in [0, 0.1) is 0 Å². The number of hydrogen-bond acceptors (Lipinski definition) is 4. The lowest BCUT2D eigenvalue weighted by Gasteiger charge is -2.24. The van der Waals surface area contributed by atoms with Gasteiger partial charge in [-0.25, -0.2) is 4.79 Å². The third-order valence-corrected chi connectivity index (χ3v) is 4.56. The zero-order valence-corrected chi connectivity index (χ0v) is 13.8. The second kappa shape index (κ2) is 6.78. The molecule has 23 heavy (non-hydrogen) atoms. The van der Waals surface area contributed by atoms with Gasteiger partial charge in [-0.05, 0) is 36.8 Å². The van der Waals surface area contributed by atoms with Gasteiger partial charge in [-0.2, -0.15) is 0 Å². The predicted molar refractivity (Wildman–Crippen MR) is 85.0 cm³/mol. The highest BCUT2D eigenvalue weighted by Crippen LogP contribution is 2.22. The SMILES string of the molecule is CC(c1ccc(S(C)=O)cc1)N(C)C(=O)c1ccc(C(=O)O)o1. The summed E-state index contributed by atoms with van der Waals surface area (Å²) in [5, 5.41) is 8.83. The molecule has 0 saturated carbocycles. The zero-order valence-electron chi connectivity index (χ0n) is 13.0. The van der Waals surface area contributed by atoms with Crippen molar-refractivity contribution in [2.24, 2.45) is 0 Å². The van der Waals surface area contributed by atoms with E-state index in [9.17, 15) is 13.8 Å². The number of carbonyl (C=O) groups is 2. The molecule has 0 spiro atoms. The Bertz CT molecular complexity index is 750. The number of benzene rings is 1. The minimum atomic E-state index is -1.22. The first kappa shape index (κ1) is 17.0. The maximum atomic E-state index is 12.4. The number of carbonyl (C=O) groups excluding carboxylic acids is 1. The molecular weight excluding hydrogens is 318 g/mol. The minimum absolute atomic E-state index is 0.0250. The van der Waals surface area contributed by atoms with Gasteiger partial charge >= 0.3 is 5.97 Å². The van der Waals surface area contributed by atoms with Gasteiger partial charge in [-0.1, -0.05) is 12.1 Å². The van der Waals surface area contributed by atoms with Crippen LogP contribution < -0.4 is 0 Å². The Balaban J connectivity index is 2.17. The van der Waals surface area contributed by atoms with Crippen molar-refractivity contribution in [3.8, 4) is 0 Å². The number of nitrogens with zero attached hydrogens (tertiary/aromatic N) is 1. The number of carboxylic acids is 1. The van der Waals surface area contributed by atoms with Crippen LogP contribution >= 0.6 is 0 Å². The second-order valence-electron chi connectivity index (χ2n) is 5.08. The molecule has 0 bridgehead atoms. The van der Waals surface area contributed by atoms with Gasteiger partial charge in [0.15, 0.2) is 5.76 Å². The number of furan rings is 1. The van der Waals surface area contributed by atoms with E-state index in [2.05, 4.69) is 0 Å². The standard InChI is InChI=1S/C16H17NO5S/c1-10(11-4-6-12(7-5-11)23(3)21)17(2)15(18)13-8-9-14(22-13)16(19)20/h4-10H,1-3H3,(H,19,20). The van der Waals surface area contributed by atoms with Gasteiger partial charge in [0.05, 0.1) is 6.04 Å². The average molecular weight is 335 g/mol. The van der Waals surface area contributed by atoms with E-state index >= 15 is 0 Å². The molecule has 7 heteroatoms. The van der Waals surface area contributed by atoms with Crippen molar-refractivity contribution in [2.45, 2.75) is 17.9 Å². The fraction of sp³-hybridized carbons (Fsp3) is 0.250. The summed E-state index contributed by atoms with van der Waals surface area (Å²) in [7, 11) is 0.560. The molecule has 2 rings (SSSR count). The molecule has 2 unspecified atom stereocenters. The summed E-state index contributed by atoms with van der Waals surface area (Å²) < 4.78 is 16.4. The van der Waals surface area contributed by atoms with E-state index < -0.39 is 22.7 Å². The van der Waals surface area contributed by atoms with E-state index in [1.807, 2.05) is 19.1 Å². The molecule has 0 fully saturated rings. The van der Waals surface area contributed by atoms with Crippen LogP contribution in [0.1, 0.15) is 39.6 Å². The quantitative estimate of drug-likeness (QED) is 0.907. The van der Waals surface area contributed by atoms with Crippen molar-refractivity contribution < 1.29 is 23.3 Å². The summed E-state index contributed by atoms with van der Waals surface area (Å²) in [6.07, 6.45) is 1.60. The minimum Gasteiger partial charge on any atom is -0.475 e. The molecular formula is C16H17NO5S. The Labute approximate surface area is 136 Å². The van der Waals surface area contributed by atoms with E-state index in [1.165, 1.54) is 17.0 Å². The number of hydrogen-bond donors (Lipinski definition) is 1. The van der Waals surface area contributed by atoms with E-state index in [1.54, 1.807) is 25.4 Å². The van der Waals surface area contributed by atoms with Crippen LogP contribution in [-0.4, -0.2) is 39.4 Å². The smallest absolute Gasteiger partial charge is 0.371 e. The molecule has 0 aliphatic rings. The van der Waals surface area contributed by atoms with Gasteiger partial charge in [-0.15, -0.1) is 0 Å². The lowest BCUT2D eigenvalue weighted by atomic mass is 10.1. The van der Waals surface area contributed by atoms with Crippen molar-refractivity contribution in [1.82, 2.24) is 4.90 Å². The number of aromatic carboxylic acids is 1. The van der Waals surface area contributed by atoms with Crippen LogP contribution in [0.15, 0.2) is 45.7 Å². The van der Waals surface area contributed by atoms with Crippen LogP contribution in [0.25, 0.3) is 0 Å². The summed E-state index contributed by atoms with van der Waals surface area (Å²) in [5.41, 5.74) is 0.875. The third-order valence-electron chi connectivity index (χ3n) is 3.62. The largest absolute Gasteiger partial charge is 0.475 e. The van der Waals surface area contributed by atoms with Crippen LogP contribution in [0.2, 0.25) is 0 Å². The van der Waals surface area contributed by atoms with Crippen molar-refractivity contribution in [3.63, 3.8) is 0 Å². The van der Waals surface area contributed by atoms with Crippen molar-refractivity contribution >= 4 is 22.7 Å². The molecule has 2 atom stereocenters. The van der Waals surface area contributed by atoms with Gasteiger partial charge < -0.3 is 14.4 Å². The topological polar surface area (TPSA) is 87.8 Å². The number of rotatable bonds is 5. The molecule has 2 aromatic rings. The molecule has 1 aromatic heterocycles. The molecule has 1 aromatic carbocycles. The van der Waals surface area contributed by atoms with Crippen molar-refractivity contribution in [3.05, 3.63) is 53.5 Å². The maximum absolute atomic E-state index is 12.4. The monoisotopic (exact) mass is 335 g/mol. The van der Waals surface area contributed by atoms with E-state index in [0.29, 0.717) is 4.90 Å². The van der Waals surface area contributed by atoms with E-state index in [-0.39, 0.29) is 17.6 Å². The summed E-state index contributed by atoms with van der Waals surface area (Å²) in [6, 6.07) is 9.50. The summed E-state index contributed by atoms with van der Waals surface area (Å²) in [4.78, 5) is 25.3. The van der Waals surface area contributed by atoms with Crippen molar-refractivity contribution in [2.75, 3.05) is 13.3 Å². The Hall–Kier alpha value is -2.41. The van der Waals surface area contributed by atoms with Crippen LogP contribution in [-0.2, 0) is 10.8 Å². The lowest BCUT2D eigenvalue weighted by Crippen LogP contribution is -2.29. The molecule has 0 aliphatic carbocycles. The fourth-order valence-corrected chi connectivity index (χ4v) is 2.60. The first-order valence-corrected chi connectivity index (χ1v) is 8.40. The molecule has 6 nitrogen and oxygen atoms in total. The average Bonchev–Trinajstić information content (AvgIpc) is 3.03. The van der Waals surface area contributed by atoms with Crippen LogP contribution in [0.5, 0.6) is 0 Å². The summed E-state index contributed by atoms with van der Waals surface area (Å²) in [5.74, 6) is -1.93. The van der Waals surface area contributed by atoms with E-state index in [4.69, 9.17) is 9.52 Å². The highest BCUT2D eigenvalue weighted by atomic mass is 32.2. The molecule has 1 heterocycles. The van der Waals surface area contributed by atoms with Gasteiger partial charge in [0.25, 0.3) is 5.91 Å². The first-order chi connectivity index (χ1) is 10.8. The summed E-state index contributed by atoms with van der Waals surface area (Å²) >= 11 is 0. The molecule has 0 saturated heterocycles. The third kappa shape index (κ3) is 3.68. The van der Waals surface area contributed by atoms with Gasteiger partial charge in [-0.3, -0.25) is 9.00 Å². The Kier molecular flexibility index (Phi) is 5.00. The van der Waals surface area contributed by atoms with Gasteiger partial charge in [0, 0.05) is 29.0 Å². The number of carboxylic acid groups (broad SMARTS) is 1. The predicted octanol–water partition coefficient (Wildman–Crippen LogP) is 2.55.